The molecule has 3 nitrogen and oxygen atoms in total. The van der Waals surface area contributed by atoms with Gasteiger partial charge in [-0.1, -0.05) is 24.3 Å². The van der Waals surface area contributed by atoms with E-state index in [1.807, 2.05) is 35.2 Å². The van der Waals surface area contributed by atoms with Gasteiger partial charge < -0.3 is 4.90 Å². The van der Waals surface area contributed by atoms with Crippen molar-refractivity contribution in [2.24, 2.45) is 0 Å². The van der Waals surface area contributed by atoms with E-state index in [-0.39, 0.29) is 11.9 Å². The number of rotatable bonds is 1. The summed E-state index contributed by atoms with van der Waals surface area (Å²) in [5.74, 6) is -0.0137. The highest BCUT2D eigenvalue weighted by molar-refractivity contribution is 6.05. The Morgan fingerprint density at radius 1 is 1.21 bits per heavy atom. The Kier molecular flexibility index (Phi) is 3.03. The monoisotopic (exact) mass is 252 g/mol. The van der Waals surface area contributed by atoms with Crippen molar-refractivity contribution in [2.45, 2.75) is 25.8 Å². The number of aromatic nitrogens is 1. The Bertz CT molecular complexity index is 595. The van der Waals surface area contributed by atoms with Gasteiger partial charge in [0.05, 0.1) is 0 Å². The van der Waals surface area contributed by atoms with E-state index < -0.39 is 0 Å². The number of hydrogen-bond acceptors (Lipinski definition) is 2. The van der Waals surface area contributed by atoms with Crippen molar-refractivity contribution < 1.29 is 4.79 Å². The summed E-state index contributed by atoms with van der Waals surface area (Å²) in [5, 5.41) is 0. The molecule has 1 aliphatic heterocycles. The number of anilines is 1. The second-order valence-electron chi connectivity index (χ2n) is 4.91. The lowest BCUT2D eigenvalue weighted by Gasteiger charge is -2.35. The minimum absolute atomic E-state index is 0.0137. The molecule has 0 radical (unpaired) electrons. The van der Waals surface area contributed by atoms with Crippen LogP contribution >= 0.6 is 0 Å². The van der Waals surface area contributed by atoms with Crippen molar-refractivity contribution in [2.75, 3.05) is 4.90 Å². The van der Waals surface area contributed by atoms with Gasteiger partial charge in [-0.2, -0.15) is 0 Å². The second kappa shape index (κ2) is 4.84. The molecule has 0 saturated carbocycles. The molecule has 1 aliphatic rings. The first-order chi connectivity index (χ1) is 9.27. The molecule has 1 aromatic heterocycles. The van der Waals surface area contributed by atoms with Gasteiger partial charge in [0.15, 0.2) is 0 Å². The highest BCUT2D eigenvalue weighted by atomic mass is 16.2. The van der Waals surface area contributed by atoms with E-state index in [1.165, 1.54) is 5.56 Å². The average molecular weight is 252 g/mol. The van der Waals surface area contributed by atoms with Gasteiger partial charge in [-0.05, 0) is 43.5 Å². The molecule has 96 valence electrons. The summed E-state index contributed by atoms with van der Waals surface area (Å²) in [5.41, 5.74) is 2.77. The van der Waals surface area contributed by atoms with Crippen molar-refractivity contribution in [3.63, 3.8) is 0 Å². The zero-order valence-electron chi connectivity index (χ0n) is 10.9. The van der Waals surface area contributed by atoms with Crippen LogP contribution in [-0.2, 0) is 6.42 Å². The SMILES string of the molecule is C[C@H]1CCc2ccccc2N1C(=O)c1ccccn1. The number of nitrogens with zero attached hydrogens (tertiary/aromatic N) is 2. The molecule has 0 saturated heterocycles. The van der Waals surface area contributed by atoms with E-state index in [0.717, 1.165) is 18.5 Å². The second-order valence-corrected chi connectivity index (χ2v) is 4.91. The van der Waals surface area contributed by atoms with Gasteiger partial charge in [-0.3, -0.25) is 9.78 Å². The van der Waals surface area contributed by atoms with E-state index in [0.29, 0.717) is 5.69 Å². The van der Waals surface area contributed by atoms with Crippen molar-refractivity contribution >= 4 is 11.6 Å². The lowest BCUT2D eigenvalue weighted by atomic mass is 9.96. The first-order valence-electron chi connectivity index (χ1n) is 6.60. The maximum absolute atomic E-state index is 12.6. The normalized spacial score (nSPS) is 17.9. The zero-order valence-corrected chi connectivity index (χ0v) is 10.9. The van der Waals surface area contributed by atoms with Crippen LogP contribution in [0.2, 0.25) is 0 Å². The molecule has 1 atom stereocenters. The molecule has 0 unspecified atom stereocenters. The Labute approximate surface area is 112 Å². The third-order valence-corrected chi connectivity index (χ3v) is 3.63. The van der Waals surface area contributed by atoms with Crippen LogP contribution in [0.5, 0.6) is 0 Å². The van der Waals surface area contributed by atoms with E-state index in [9.17, 15) is 4.79 Å². The molecule has 1 aromatic carbocycles. The van der Waals surface area contributed by atoms with Crippen LogP contribution in [0, 0.1) is 0 Å². The van der Waals surface area contributed by atoms with Gasteiger partial charge >= 0.3 is 0 Å². The Morgan fingerprint density at radius 3 is 2.79 bits per heavy atom. The van der Waals surface area contributed by atoms with Gasteiger partial charge in [0.25, 0.3) is 5.91 Å². The van der Waals surface area contributed by atoms with E-state index >= 15 is 0 Å². The van der Waals surface area contributed by atoms with Gasteiger partial charge in [0.2, 0.25) is 0 Å². The number of para-hydroxylation sites is 1. The van der Waals surface area contributed by atoms with Crippen LogP contribution in [-0.4, -0.2) is 16.9 Å². The fourth-order valence-electron chi connectivity index (χ4n) is 2.61. The predicted octanol–water partition coefficient (Wildman–Crippen LogP) is 3.06. The minimum Gasteiger partial charge on any atom is -0.304 e. The maximum atomic E-state index is 12.6. The number of amides is 1. The number of benzene rings is 1. The minimum atomic E-state index is -0.0137. The summed E-state index contributed by atoms with van der Waals surface area (Å²) < 4.78 is 0. The van der Waals surface area contributed by atoms with Crippen LogP contribution in [0.15, 0.2) is 48.7 Å². The van der Waals surface area contributed by atoms with Crippen molar-refractivity contribution in [3.8, 4) is 0 Å². The number of pyridine rings is 1. The van der Waals surface area contributed by atoms with Gasteiger partial charge in [-0.15, -0.1) is 0 Å². The van der Waals surface area contributed by atoms with E-state index in [1.54, 1.807) is 12.3 Å². The molecule has 2 heterocycles. The van der Waals surface area contributed by atoms with Crippen molar-refractivity contribution in [1.82, 2.24) is 4.98 Å². The van der Waals surface area contributed by atoms with Gasteiger partial charge in [0, 0.05) is 17.9 Å². The van der Waals surface area contributed by atoms with Crippen molar-refractivity contribution in [1.29, 1.82) is 0 Å². The summed E-state index contributed by atoms with van der Waals surface area (Å²) in [4.78, 5) is 18.7. The first kappa shape index (κ1) is 11.9. The molecule has 1 amide bonds. The Hall–Kier alpha value is -2.16. The number of carbonyl (C=O) groups is 1. The van der Waals surface area contributed by atoms with E-state index in [2.05, 4.69) is 18.0 Å². The molecule has 19 heavy (non-hydrogen) atoms. The molecule has 3 heteroatoms. The topological polar surface area (TPSA) is 33.2 Å². The largest absolute Gasteiger partial charge is 0.304 e. The third-order valence-electron chi connectivity index (χ3n) is 3.63. The highest BCUT2D eigenvalue weighted by Crippen LogP contribution is 2.31. The average Bonchev–Trinajstić information content (AvgIpc) is 2.47. The van der Waals surface area contributed by atoms with E-state index in [4.69, 9.17) is 0 Å². The number of carbonyl (C=O) groups excluding carboxylic acids is 1. The summed E-state index contributed by atoms with van der Waals surface area (Å²) in [6.07, 6.45) is 3.69. The zero-order chi connectivity index (χ0) is 13.2. The Balaban J connectivity index is 2.02. The van der Waals surface area contributed by atoms with Crippen molar-refractivity contribution in [3.05, 3.63) is 59.9 Å². The van der Waals surface area contributed by atoms with Crippen LogP contribution in [0.1, 0.15) is 29.4 Å². The third kappa shape index (κ3) is 2.12. The summed E-state index contributed by atoms with van der Waals surface area (Å²) in [6, 6.07) is 13.8. The van der Waals surface area contributed by atoms with Crippen LogP contribution in [0.4, 0.5) is 5.69 Å². The summed E-state index contributed by atoms with van der Waals surface area (Å²) in [7, 11) is 0. The van der Waals surface area contributed by atoms with Crippen LogP contribution < -0.4 is 4.90 Å². The quantitative estimate of drug-likeness (QED) is 0.781. The highest BCUT2D eigenvalue weighted by Gasteiger charge is 2.29. The number of aryl methyl sites for hydroxylation is 1. The summed E-state index contributed by atoms with van der Waals surface area (Å²) in [6.45, 7) is 2.09. The molecule has 0 aliphatic carbocycles. The maximum Gasteiger partial charge on any atom is 0.277 e. The molecule has 0 spiro atoms. The Morgan fingerprint density at radius 2 is 2.00 bits per heavy atom. The summed E-state index contributed by atoms with van der Waals surface area (Å²) >= 11 is 0. The lowest BCUT2D eigenvalue weighted by molar-refractivity contribution is 0.0970. The first-order valence-corrected chi connectivity index (χ1v) is 6.60. The fraction of sp³-hybridized carbons (Fsp3) is 0.250. The lowest BCUT2D eigenvalue weighted by Crippen LogP contribution is -2.42. The van der Waals surface area contributed by atoms with Crippen LogP contribution in [0.25, 0.3) is 0 Å². The van der Waals surface area contributed by atoms with Gasteiger partial charge in [0.1, 0.15) is 5.69 Å². The fourth-order valence-corrected chi connectivity index (χ4v) is 2.61. The molecular weight excluding hydrogens is 236 g/mol. The molecule has 2 aromatic rings. The van der Waals surface area contributed by atoms with Gasteiger partial charge in [-0.25, -0.2) is 0 Å². The predicted molar refractivity (Wildman–Crippen MR) is 75.3 cm³/mol. The molecule has 0 N–H and O–H groups in total. The van der Waals surface area contributed by atoms with Crippen LogP contribution in [0.3, 0.4) is 0 Å². The molecule has 3 rings (SSSR count). The standard InChI is InChI=1S/C16H16N2O/c1-12-9-10-13-6-2-3-8-15(13)18(12)16(19)14-7-4-5-11-17-14/h2-8,11-12H,9-10H2,1H3/t12-/m0/s1. The molecule has 0 fully saturated rings. The number of hydrogen-bond donors (Lipinski definition) is 0. The molecular formula is C16H16N2O. The number of fused-ring (bicyclic) bond motifs is 1. The molecule has 0 bridgehead atoms. The smallest absolute Gasteiger partial charge is 0.277 e.